The molecule has 0 unspecified atom stereocenters. The van der Waals surface area contributed by atoms with Gasteiger partial charge in [-0.1, -0.05) is 220 Å². The van der Waals surface area contributed by atoms with Gasteiger partial charge in [-0.15, -0.1) is 0 Å². The molecule has 1 aromatic rings. The van der Waals surface area contributed by atoms with Gasteiger partial charge in [-0.05, 0) is 32.1 Å². The number of rotatable bonds is 39. The number of nitrogens with zero attached hydrogens (tertiary/aromatic N) is 2. The molecule has 0 N–H and O–H groups in total. The molecule has 0 bridgehead atoms. The lowest BCUT2D eigenvalue weighted by atomic mass is 10.0. The topological polar surface area (TPSA) is 8.81 Å². The summed E-state index contributed by atoms with van der Waals surface area (Å²) < 4.78 is 5.27. The van der Waals surface area contributed by atoms with Gasteiger partial charge in [0.05, 0.1) is 13.1 Å². The Morgan fingerprint density at radius 3 is 1.02 bits per heavy atom. The summed E-state index contributed by atoms with van der Waals surface area (Å²) in [6, 6.07) is 0. The van der Waals surface area contributed by atoms with Crippen molar-refractivity contribution in [1.29, 1.82) is 0 Å². The normalized spacial score (nSPS) is 11.6. The van der Waals surface area contributed by atoms with Crippen molar-refractivity contribution in [2.24, 2.45) is 0 Å². The lowest BCUT2D eigenvalue weighted by Crippen LogP contribution is -2.37. The minimum atomic E-state index is 1.23. The molecule has 0 aliphatic rings. The van der Waals surface area contributed by atoms with Gasteiger partial charge < -0.3 is 0 Å². The Morgan fingerprint density at radius 2 is 0.660 bits per heavy atom. The molecule has 0 aliphatic carbocycles. The summed E-state index contributed by atoms with van der Waals surface area (Å²) in [6.07, 6.45) is 57.9. The van der Waals surface area contributed by atoms with Crippen molar-refractivity contribution in [3.05, 3.63) is 18.2 Å². The van der Waals surface area contributed by atoms with Crippen molar-refractivity contribution in [3.63, 3.8) is 0 Å². The van der Waals surface area contributed by atoms with Gasteiger partial charge in [-0.25, -0.2) is 9.13 Å². The highest BCUT2D eigenvalue weighted by atomic mass is 15.1. The van der Waals surface area contributed by atoms with Crippen LogP contribution in [-0.4, -0.2) is 4.57 Å². The van der Waals surface area contributed by atoms with E-state index in [4.69, 9.17) is 0 Å². The molecule has 0 spiro atoms. The lowest BCUT2D eigenvalue weighted by Gasteiger charge is -2.07. The third-order valence-electron chi connectivity index (χ3n) is 10.8. The Balaban J connectivity index is 2.15. The number of aryl methyl sites for hydroxylation is 2. The van der Waals surface area contributed by atoms with E-state index < -0.39 is 0 Å². The molecule has 47 heavy (non-hydrogen) atoms. The second-order valence-electron chi connectivity index (χ2n) is 15.5. The highest BCUT2D eigenvalue weighted by molar-refractivity contribution is 4.84. The minimum Gasteiger partial charge on any atom is -0.234 e. The number of hydrogen-bond donors (Lipinski definition) is 0. The van der Waals surface area contributed by atoms with E-state index >= 15 is 0 Å². The molecule has 1 aromatic heterocycles. The van der Waals surface area contributed by atoms with Crippen LogP contribution in [0.5, 0.6) is 0 Å². The third kappa shape index (κ3) is 28.7. The summed E-state index contributed by atoms with van der Waals surface area (Å²) in [6.45, 7) is 9.40. The zero-order chi connectivity index (χ0) is 33.7. The second-order valence-corrected chi connectivity index (χ2v) is 15.5. The van der Waals surface area contributed by atoms with Crippen molar-refractivity contribution in [2.75, 3.05) is 0 Å². The van der Waals surface area contributed by atoms with Gasteiger partial charge in [0.2, 0.25) is 0 Å². The van der Waals surface area contributed by atoms with Gasteiger partial charge in [0.25, 0.3) is 5.82 Å². The van der Waals surface area contributed by atoms with Crippen LogP contribution in [0.25, 0.3) is 0 Å². The largest absolute Gasteiger partial charge is 0.256 e. The van der Waals surface area contributed by atoms with Crippen LogP contribution in [0.15, 0.2) is 12.4 Å². The summed E-state index contributed by atoms with van der Waals surface area (Å²) in [5.41, 5.74) is 0. The standard InChI is InChI=1S/C45H89N2/c1-4-7-10-13-15-17-19-21-23-24-25-27-29-31-33-36-39-42-47-44-43-46(41-38-35-12-9-6-3)45(47)40-37-34-32-30-28-26-22-20-18-16-14-11-8-5-2/h43-44H,4-42H2,1-3H3/q+1. The molecule has 278 valence electrons. The molecular weight excluding hydrogens is 569 g/mol. The SMILES string of the molecule is CCCCCCCCCCCCCCCCCCC[n+]1ccn(CCCCCCC)c1CCCCCCCCCCCCCCCC. The lowest BCUT2D eigenvalue weighted by molar-refractivity contribution is -0.704. The van der Waals surface area contributed by atoms with Crippen LogP contribution in [0.3, 0.4) is 0 Å². The molecule has 0 saturated heterocycles. The van der Waals surface area contributed by atoms with Crippen molar-refractivity contribution in [1.82, 2.24) is 4.57 Å². The quantitative estimate of drug-likeness (QED) is 0.0492. The maximum absolute atomic E-state index is 2.64. The van der Waals surface area contributed by atoms with Crippen molar-refractivity contribution in [3.8, 4) is 0 Å². The molecule has 2 nitrogen and oxygen atoms in total. The van der Waals surface area contributed by atoms with Gasteiger partial charge in [-0.3, -0.25) is 0 Å². The fourth-order valence-corrected chi connectivity index (χ4v) is 7.56. The Kier molecular flexibility index (Phi) is 34.3. The summed E-state index contributed by atoms with van der Waals surface area (Å²) in [5, 5.41) is 0. The van der Waals surface area contributed by atoms with Crippen LogP contribution < -0.4 is 4.57 Å². The van der Waals surface area contributed by atoms with Crippen LogP contribution in [0, 0.1) is 0 Å². The van der Waals surface area contributed by atoms with E-state index in [2.05, 4.69) is 42.3 Å². The summed E-state index contributed by atoms with van der Waals surface area (Å²) in [5.74, 6) is 1.62. The number of imidazole rings is 1. The molecule has 1 rings (SSSR count). The van der Waals surface area contributed by atoms with Gasteiger partial charge in [-0.2, -0.15) is 0 Å². The van der Waals surface area contributed by atoms with Crippen molar-refractivity contribution in [2.45, 2.75) is 271 Å². The first-order chi connectivity index (χ1) is 23.3. The summed E-state index contributed by atoms with van der Waals surface area (Å²) >= 11 is 0. The third-order valence-corrected chi connectivity index (χ3v) is 10.8. The second kappa shape index (κ2) is 36.5. The molecule has 0 atom stereocenters. The minimum absolute atomic E-state index is 1.23. The van der Waals surface area contributed by atoms with Crippen LogP contribution in [0.2, 0.25) is 0 Å². The van der Waals surface area contributed by atoms with Crippen LogP contribution >= 0.6 is 0 Å². The molecule has 0 fully saturated rings. The first kappa shape index (κ1) is 44.2. The van der Waals surface area contributed by atoms with E-state index in [9.17, 15) is 0 Å². The smallest absolute Gasteiger partial charge is 0.234 e. The van der Waals surface area contributed by atoms with E-state index in [1.54, 1.807) is 5.82 Å². The zero-order valence-corrected chi connectivity index (χ0v) is 33.1. The average Bonchev–Trinajstić information content (AvgIpc) is 3.47. The average molecular weight is 658 g/mol. The molecule has 0 saturated carbocycles. The number of unbranched alkanes of at least 4 members (excludes halogenated alkanes) is 33. The Labute approximate surface area is 298 Å². The van der Waals surface area contributed by atoms with Crippen molar-refractivity contribution >= 4 is 0 Å². The maximum atomic E-state index is 2.64. The van der Waals surface area contributed by atoms with Crippen LogP contribution in [0.4, 0.5) is 0 Å². The first-order valence-electron chi connectivity index (χ1n) is 22.4. The van der Waals surface area contributed by atoms with E-state index in [1.807, 2.05) is 0 Å². The Hall–Kier alpha value is -0.790. The molecule has 1 heterocycles. The monoisotopic (exact) mass is 658 g/mol. The van der Waals surface area contributed by atoms with Gasteiger partial charge in [0.1, 0.15) is 12.4 Å². The van der Waals surface area contributed by atoms with Crippen LogP contribution in [-0.2, 0) is 19.5 Å². The predicted octanol–water partition coefficient (Wildman–Crippen LogP) is 15.4. The summed E-state index contributed by atoms with van der Waals surface area (Å²) in [4.78, 5) is 0. The Morgan fingerprint density at radius 1 is 0.362 bits per heavy atom. The highest BCUT2D eigenvalue weighted by Crippen LogP contribution is 2.16. The fourth-order valence-electron chi connectivity index (χ4n) is 7.56. The maximum Gasteiger partial charge on any atom is 0.256 e. The highest BCUT2D eigenvalue weighted by Gasteiger charge is 2.16. The molecular formula is C45H89N2+. The van der Waals surface area contributed by atoms with Crippen LogP contribution in [0.1, 0.15) is 258 Å². The first-order valence-corrected chi connectivity index (χ1v) is 22.4. The van der Waals surface area contributed by atoms with Gasteiger partial charge in [0.15, 0.2) is 0 Å². The molecule has 0 aliphatic heterocycles. The van der Waals surface area contributed by atoms with Crippen molar-refractivity contribution < 1.29 is 4.57 Å². The molecule has 2 heteroatoms. The van der Waals surface area contributed by atoms with E-state index in [-0.39, 0.29) is 0 Å². The Bertz CT molecular complexity index is 722. The predicted molar refractivity (Wildman–Crippen MR) is 212 cm³/mol. The van der Waals surface area contributed by atoms with Gasteiger partial charge >= 0.3 is 0 Å². The zero-order valence-electron chi connectivity index (χ0n) is 33.1. The molecule has 0 aromatic carbocycles. The fraction of sp³-hybridized carbons (Fsp3) is 0.933. The molecule has 0 amide bonds. The number of aromatic nitrogens is 2. The van der Waals surface area contributed by atoms with E-state index in [0.717, 1.165) is 0 Å². The van der Waals surface area contributed by atoms with E-state index in [1.165, 1.54) is 251 Å². The van der Waals surface area contributed by atoms with E-state index in [0.29, 0.717) is 0 Å². The van der Waals surface area contributed by atoms with Gasteiger partial charge in [0, 0.05) is 6.42 Å². The summed E-state index contributed by atoms with van der Waals surface area (Å²) in [7, 11) is 0. The number of hydrogen-bond acceptors (Lipinski definition) is 0. The molecule has 0 radical (unpaired) electrons.